The van der Waals surface area contributed by atoms with Gasteiger partial charge >= 0.3 is 0 Å². The van der Waals surface area contributed by atoms with Crippen molar-refractivity contribution in [2.24, 2.45) is 0 Å². The molecule has 1 amide bonds. The molecular formula is C12H12BrN3OS. The summed E-state index contributed by atoms with van der Waals surface area (Å²) in [5.74, 6) is 0.0823. The number of carbonyl (C=O) groups excluding carboxylic acids is 1. The van der Waals surface area contributed by atoms with E-state index in [1.807, 2.05) is 13.8 Å². The number of halogens is 1. The highest BCUT2D eigenvalue weighted by molar-refractivity contribution is 9.11. The van der Waals surface area contributed by atoms with Crippen LogP contribution < -0.4 is 5.32 Å². The molecule has 94 valence electrons. The van der Waals surface area contributed by atoms with Crippen molar-refractivity contribution in [1.82, 2.24) is 9.97 Å². The molecular weight excluding hydrogens is 314 g/mol. The molecule has 0 atom stereocenters. The number of thiazole rings is 1. The highest BCUT2D eigenvalue weighted by Gasteiger charge is 2.19. The molecule has 2 aromatic heterocycles. The molecule has 2 heterocycles. The van der Waals surface area contributed by atoms with Gasteiger partial charge in [-0.2, -0.15) is 0 Å². The fraction of sp³-hybridized carbons (Fsp3) is 0.250. The lowest BCUT2D eigenvalue weighted by molar-refractivity contribution is 0.102. The minimum atomic E-state index is -0.188. The van der Waals surface area contributed by atoms with Crippen molar-refractivity contribution in [3.63, 3.8) is 0 Å². The predicted molar refractivity (Wildman–Crippen MR) is 76.1 cm³/mol. The van der Waals surface area contributed by atoms with E-state index < -0.39 is 0 Å². The summed E-state index contributed by atoms with van der Waals surface area (Å²) in [5.41, 5.74) is 1.20. The van der Waals surface area contributed by atoms with Gasteiger partial charge in [-0.3, -0.25) is 9.78 Å². The molecule has 0 saturated heterocycles. The summed E-state index contributed by atoms with van der Waals surface area (Å²) in [6.07, 6.45) is 3.27. The molecule has 0 aromatic carbocycles. The fourth-order valence-corrected chi connectivity index (χ4v) is 2.97. The van der Waals surface area contributed by atoms with Crippen LogP contribution in [0.25, 0.3) is 0 Å². The number of aromatic nitrogens is 2. The Morgan fingerprint density at radius 1 is 1.39 bits per heavy atom. The Labute approximate surface area is 118 Å². The second-order valence-electron chi connectivity index (χ2n) is 4.02. The summed E-state index contributed by atoms with van der Waals surface area (Å²) in [5, 5.41) is 2.81. The lowest BCUT2D eigenvalue weighted by atomic mass is 10.1. The number of carbonyl (C=O) groups is 1. The average molecular weight is 326 g/mol. The number of hydrogen-bond acceptors (Lipinski definition) is 4. The van der Waals surface area contributed by atoms with Crippen LogP contribution in [0.1, 0.15) is 35.1 Å². The molecule has 18 heavy (non-hydrogen) atoms. The highest BCUT2D eigenvalue weighted by Crippen LogP contribution is 2.30. The maximum absolute atomic E-state index is 12.1. The maximum atomic E-state index is 12.1. The molecule has 0 aliphatic carbocycles. The number of anilines is 1. The van der Waals surface area contributed by atoms with Gasteiger partial charge in [-0.25, -0.2) is 4.98 Å². The normalized spacial score (nSPS) is 10.7. The number of nitrogens with one attached hydrogen (secondary N) is 1. The number of nitrogens with zero attached hydrogens (tertiary/aromatic N) is 2. The van der Waals surface area contributed by atoms with E-state index in [0.29, 0.717) is 11.4 Å². The molecule has 1 N–H and O–H groups in total. The van der Waals surface area contributed by atoms with Gasteiger partial charge < -0.3 is 5.32 Å². The molecule has 0 spiro atoms. The Bertz CT molecular complexity index is 554. The lowest BCUT2D eigenvalue weighted by Crippen LogP contribution is -2.14. The van der Waals surface area contributed by atoms with E-state index in [9.17, 15) is 4.79 Å². The molecule has 2 rings (SSSR count). The Morgan fingerprint density at radius 3 is 2.67 bits per heavy atom. The first-order chi connectivity index (χ1) is 8.58. The van der Waals surface area contributed by atoms with Crippen molar-refractivity contribution in [2.45, 2.75) is 19.8 Å². The smallest absolute Gasteiger partial charge is 0.275 e. The minimum absolute atomic E-state index is 0.188. The van der Waals surface area contributed by atoms with Crippen LogP contribution in [0.15, 0.2) is 28.4 Å². The van der Waals surface area contributed by atoms with E-state index in [0.717, 1.165) is 8.79 Å². The summed E-state index contributed by atoms with van der Waals surface area (Å²) >= 11 is 4.82. The van der Waals surface area contributed by atoms with Gasteiger partial charge in [0.05, 0.1) is 0 Å². The minimum Gasteiger partial charge on any atom is -0.321 e. The van der Waals surface area contributed by atoms with Crippen LogP contribution in [0.3, 0.4) is 0 Å². The van der Waals surface area contributed by atoms with E-state index in [1.54, 1.807) is 24.5 Å². The first-order valence-electron chi connectivity index (χ1n) is 5.45. The van der Waals surface area contributed by atoms with Crippen molar-refractivity contribution in [2.75, 3.05) is 5.32 Å². The summed E-state index contributed by atoms with van der Waals surface area (Å²) in [6.45, 7) is 4.09. The summed E-state index contributed by atoms with van der Waals surface area (Å²) < 4.78 is 0.728. The van der Waals surface area contributed by atoms with E-state index in [2.05, 4.69) is 31.2 Å². The molecule has 0 aliphatic heterocycles. The Kier molecular flexibility index (Phi) is 4.08. The van der Waals surface area contributed by atoms with Crippen LogP contribution in [0.2, 0.25) is 0 Å². The Balaban J connectivity index is 2.24. The van der Waals surface area contributed by atoms with Crippen LogP contribution in [-0.4, -0.2) is 15.9 Å². The lowest BCUT2D eigenvalue weighted by Gasteiger charge is -2.06. The number of hydrogen-bond donors (Lipinski definition) is 1. The number of rotatable bonds is 3. The van der Waals surface area contributed by atoms with E-state index in [-0.39, 0.29) is 11.8 Å². The van der Waals surface area contributed by atoms with Crippen LogP contribution in [0.4, 0.5) is 5.69 Å². The zero-order chi connectivity index (χ0) is 13.1. The molecule has 0 unspecified atom stereocenters. The van der Waals surface area contributed by atoms with Gasteiger partial charge in [-0.15, -0.1) is 11.3 Å². The maximum Gasteiger partial charge on any atom is 0.275 e. The second kappa shape index (κ2) is 5.58. The van der Waals surface area contributed by atoms with Crippen molar-refractivity contribution in [3.8, 4) is 0 Å². The standard InChI is InChI=1S/C12H12BrN3OS/c1-7(2)10-9(16-12(13)18-10)11(17)15-8-3-5-14-6-4-8/h3-7H,1-2H3,(H,14,15,17). The van der Waals surface area contributed by atoms with Gasteiger partial charge in [0.1, 0.15) is 5.69 Å². The molecule has 6 heteroatoms. The molecule has 2 aromatic rings. The van der Waals surface area contributed by atoms with Crippen molar-refractivity contribution >= 4 is 38.9 Å². The van der Waals surface area contributed by atoms with Gasteiger partial charge in [0.15, 0.2) is 3.92 Å². The topological polar surface area (TPSA) is 54.9 Å². The molecule has 4 nitrogen and oxygen atoms in total. The van der Waals surface area contributed by atoms with Crippen molar-refractivity contribution in [3.05, 3.63) is 39.0 Å². The zero-order valence-electron chi connectivity index (χ0n) is 9.98. The van der Waals surface area contributed by atoms with Gasteiger partial charge in [0.25, 0.3) is 5.91 Å². The summed E-state index contributed by atoms with van der Waals surface area (Å²) in [7, 11) is 0. The monoisotopic (exact) mass is 325 g/mol. The van der Waals surface area contributed by atoms with Crippen molar-refractivity contribution in [1.29, 1.82) is 0 Å². The molecule has 0 aliphatic rings. The first kappa shape index (κ1) is 13.2. The SMILES string of the molecule is CC(C)c1sc(Br)nc1C(=O)Nc1ccncc1. The molecule has 0 radical (unpaired) electrons. The third kappa shape index (κ3) is 2.94. The first-order valence-corrected chi connectivity index (χ1v) is 7.06. The Morgan fingerprint density at radius 2 is 2.06 bits per heavy atom. The van der Waals surface area contributed by atoms with E-state index >= 15 is 0 Å². The van der Waals surface area contributed by atoms with E-state index in [4.69, 9.17) is 0 Å². The summed E-state index contributed by atoms with van der Waals surface area (Å²) in [4.78, 5) is 21.3. The van der Waals surface area contributed by atoms with Crippen LogP contribution in [0, 0.1) is 0 Å². The van der Waals surface area contributed by atoms with Crippen LogP contribution >= 0.6 is 27.3 Å². The molecule has 0 fully saturated rings. The third-order valence-corrected chi connectivity index (χ3v) is 4.11. The predicted octanol–water partition coefficient (Wildman–Crippen LogP) is 3.68. The molecule has 0 saturated carbocycles. The van der Waals surface area contributed by atoms with Crippen LogP contribution in [-0.2, 0) is 0 Å². The summed E-state index contributed by atoms with van der Waals surface area (Å²) in [6, 6.07) is 3.49. The Hall–Kier alpha value is -1.27. The van der Waals surface area contributed by atoms with Gasteiger partial charge in [-0.1, -0.05) is 13.8 Å². The highest BCUT2D eigenvalue weighted by atomic mass is 79.9. The fourth-order valence-electron chi connectivity index (χ4n) is 1.48. The van der Waals surface area contributed by atoms with Gasteiger partial charge in [0.2, 0.25) is 0 Å². The van der Waals surface area contributed by atoms with Crippen LogP contribution in [0.5, 0.6) is 0 Å². The van der Waals surface area contributed by atoms with Gasteiger partial charge in [0, 0.05) is 23.0 Å². The van der Waals surface area contributed by atoms with Crippen molar-refractivity contribution < 1.29 is 4.79 Å². The average Bonchev–Trinajstić information content (AvgIpc) is 2.73. The van der Waals surface area contributed by atoms with E-state index in [1.165, 1.54) is 11.3 Å². The largest absolute Gasteiger partial charge is 0.321 e. The number of amides is 1. The quantitative estimate of drug-likeness (QED) is 0.936. The zero-order valence-corrected chi connectivity index (χ0v) is 12.4. The number of pyridine rings is 1. The molecule has 0 bridgehead atoms. The second-order valence-corrected chi connectivity index (χ2v) is 6.33. The third-order valence-electron chi connectivity index (χ3n) is 2.30. The van der Waals surface area contributed by atoms with Gasteiger partial charge in [-0.05, 0) is 34.0 Å².